The Bertz CT molecular complexity index is 370. The van der Waals surface area contributed by atoms with Crippen molar-refractivity contribution in [3.8, 4) is 0 Å². The Hall–Kier alpha value is -1.35. The Morgan fingerprint density at radius 2 is 1.71 bits per heavy atom. The highest BCUT2D eigenvalue weighted by Crippen LogP contribution is 2.13. The molecule has 1 aromatic carbocycles. The Morgan fingerprint density at radius 3 is 2.18 bits per heavy atom. The number of nitrogens with one attached hydrogen (secondary N) is 1. The third kappa shape index (κ3) is 3.86. The molecule has 0 saturated heterocycles. The highest BCUT2D eigenvalue weighted by molar-refractivity contribution is 5.82. The van der Waals surface area contributed by atoms with Gasteiger partial charge >= 0.3 is 0 Å². The summed E-state index contributed by atoms with van der Waals surface area (Å²) in [5, 5.41) is 2.93. The normalized spacial score (nSPS) is 14.5. The first-order chi connectivity index (χ1) is 7.91. The van der Waals surface area contributed by atoms with Crippen LogP contribution in [0.2, 0.25) is 0 Å². The molecule has 0 heterocycles. The fraction of sp³-hybridized carbons (Fsp3) is 0.500. The zero-order valence-electron chi connectivity index (χ0n) is 11.0. The summed E-state index contributed by atoms with van der Waals surface area (Å²) in [5.74, 6) is 0.0632. The monoisotopic (exact) mass is 234 g/mol. The van der Waals surface area contributed by atoms with Gasteiger partial charge in [-0.25, -0.2) is 0 Å². The van der Waals surface area contributed by atoms with Gasteiger partial charge in [-0.1, -0.05) is 43.7 Å². The average molecular weight is 234 g/mol. The Kier molecular flexibility index (Phi) is 4.70. The molecular formula is C14H22N2O. The third-order valence-corrected chi connectivity index (χ3v) is 2.96. The minimum absolute atomic E-state index is 0.00657. The number of carbonyl (C=O) groups excluding carboxylic acids is 1. The fourth-order valence-electron chi connectivity index (χ4n) is 1.55. The van der Waals surface area contributed by atoms with Crippen LogP contribution in [-0.2, 0) is 4.79 Å². The molecule has 0 aliphatic rings. The van der Waals surface area contributed by atoms with Crippen LogP contribution in [0.5, 0.6) is 0 Å². The lowest BCUT2D eigenvalue weighted by molar-refractivity contribution is -0.123. The van der Waals surface area contributed by atoms with E-state index in [-0.39, 0.29) is 17.9 Å². The van der Waals surface area contributed by atoms with Crippen molar-refractivity contribution < 1.29 is 4.79 Å². The van der Waals surface area contributed by atoms with E-state index in [9.17, 15) is 4.79 Å². The van der Waals surface area contributed by atoms with Crippen molar-refractivity contribution in [2.24, 2.45) is 11.7 Å². The predicted octanol–water partition coefficient (Wildman–Crippen LogP) is 2.16. The molecule has 3 heteroatoms. The number of amides is 1. The van der Waals surface area contributed by atoms with Crippen molar-refractivity contribution in [1.29, 1.82) is 0 Å². The van der Waals surface area contributed by atoms with Gasteiger partial charge in [0.1, 0.15) is 0 Å². The lowest BCUT2D eigenvalue weighted by Crippen LogP contribution is -2.44. The van der Waals surface area contributed by atoms with Crippen LogP contribution in [0.4, 0.5) is 0 Å². The van der Waals surface area contributed by atoms with Gasteiger partial charge in [0.05, 0.1) is 12.1 Å². The summed E-state index contributed by atoms with van der Waals surface area (Å²) in [4.78, 5) is 11.8. The molecule has 17 heavy (non-hydrogen) atoms. The van der Waals surface area contributed by atoms with E-state index in [1.54, 1.807) is 0 Å². The molecule has 0 radical (unpaired) electrons. The predicted molar refractivity (Wildman–Crippen MR) is 70.6 cm³/mol. The molecule has 2 atom stereocenters. The first-order valence-corrected chi connectivity index (χ1v) is 6.04. The zero-order valence-corrected chi connectivity index (χ0v) is 11.0. The molecule has 0 bridgehead atoms. The van der Waals surface area contributed by atoms with E-state index in [0.717, 1.165) is 5.56 Å². The highest BCUT2D eigenvalue weighted by Gasteiger charge is 2.19. The topological polar surface area (TPSA) is 55.1 Å². The molecule has 3 N–H and O–H groups in total. The number of nitrogens with two attached hydrogens (primary N) is 1. The molecule has 0 saturated carbocycles. The van der Waals surface area contributed by atoms with Gasteiger partial charge in [0.25, 0.3) is 0 Å². The standard InChI is InChI=1S/C14H22N2O/c1-9(2)13(15)14(17)16-11(4)12-7-5-10(3)6-8-12/h5-9,11,13H,15H2,1-4H3,(H,16,17)/t11-,13-/m0/s1. The SMILES string of the molecule is Cc1ccc([C@H](C)NC(=O)[C@@H](N)C(C)C)cc1. The second-order valence-electron chi connectivity index (χ2n) is 4.91. The molecule has 0 aliphatic carbocycles. The maximum atomic E-state index is 11.8. The van der Waals surface area contributed by atoms with E-state index in [0.29, 0.717) is 0 Å². The second kappa shape index (κ2) is 5.82. The van der Waals surface area contributed by atoms with E-state index in [4.69, 9.17) is 5.73 Å². The van der Waals surface area contributed by atoms with Crippen molar-refractivity contribution in [2.75, 3.05) is 0 Å². The van der Waals surface area contributed by atoms with Crippen molar-refractivity contribution in [1.82, 2.24) is 5.32 Å². The van der Waals surface area contributed by atoms with Crippen molar-refractivity contribution in [3.63, 3.8) is 0 Å². The van der Waals surface area contributed by atoms with Crippen LogP contribution < -0.4 is 11.1 Å². The lowest BCUT2D eigenvalue weighted by atomic mass is 10.0. The average Bonchev–Trinajstić information content (AvgIpc) is 2.28. The number of hydrogen-bond donors (Lipinski definition) is 2. The Morgan fingerprint density at radius 1 is 1.18 bits per heavy atom. The van der Waals surface area contributed by atoms with Gasteiger partial charge < -0.3 is 11.1 Å². The molecule has 0 spiro atoms. The van der Waals surface area contributed by atoms with Gasteiger partial charge in [0, 0.05) is 0 Å². The summed E-state index contributed by atoms with van der Waals surface area (Å²) < 4.78 is 0. The summed E-state index contributed by atoms with van der Waals surface area (Å²) in [6, 6.07) is 7.69. The summed E-state index contributed by atoms with van der Waals surface area (Å²) in [5.41, 5.74) is 8.11. The zero-order chi connectivity index (χ0) is 13.0. The van der Waals surface area contributed by atoms with Gasteiger partial charge in [-0.05, 0) is 25.3 Å². The van der Waals surface area contributed by atoms with Crippen LogP contribution in [0.3, 0.4) is 0 Å². The Labute approximate surface area is 103 Å². The van der Waals surface area contributed by atoms with E-state index in [1.807, 2.05) is 52.0 Å². The molecule has 94 valence electrons. The van der Waals surface area contributed by atoms with Gasteiger partial charge in [-0.15, -0.1) is 0 Å². The van der Waals surface area contributed by atoms with E-state index in [2.05, 4.69) is 5.32 Å². The van der Waals surface area contributed by atoms with Crippen LogP contribution in [0.25, 0.3) is 0 Å². The molecule has 3 nitrogen and oxygen atoms in total. The molecular weight excluding hydrogens is 212 g/mol. The van der Waals surface area contributed by atoms with Gasteiger partial charge in [-0.3, -0.25) is 4.79 Å². The second-order valence-corrected chi connectivity index (χ2v) is 4.91. The first-order valence-electron chi connectivity index (χ1n) is 6.04. The molecule has 0 aromatic heterocycles. The number of hydrogen-bond acceptors (Lipinski definition) is 2. The fourth-order valence-corrected chi connectivity index (χ4v) is 1.55. The Balaban J connectivity index is 2.63. The van der Waals surface area contributed by atoms with Gasteiger partial charge in [-0.2, -0.15) is 0 Å². The lowest BCUT2D eigenvalue weighted by Gasteiger charge is -2.20. The summed E-state index contributed by atoms with van der Waals surface area (Å²) in [6.07, 6.45) is 0. The van der Waals surface area contributed by atoms with E-state index in [1.165, 1.54) is 5.56 Å². The van der Waals surface area contributed by atoms with E-state index < -0.39 is 6.04 Å². The maximum Gasteiger partial charge on any atom is 0.237 e. The number of carbonyl (C=O) groups is 1. The largest absolute Gasteiger partial charge is 0.348 e. The van der Waals surface area contributed by atoms with Crippen molar-refractivity contribution >= 4 is 5.91 Å². The number of aryl methyl sites for hydroxylation is 1. The van der Waals surface area contributed by atoms with Gasteiger partial charge in [0.15, 0.2) is 0 Å². The third-order valence-electron chi connectivity index (χ3n) is 2.96. The van der Waals surface area contributed by atoms with E-state index >= 15 is 0 Å². The summed E-state index contributed by atoms with van der Waals surface area (Å²) in [7, 11) is 0. The van der Waals surface area contributed by atoms with Gasteiger partial charge in [0.2, 0.25) is 5.91 Å². The first kappa shape index (κ1) is 13.7. The molecule has 0 fully saturated rings. The molecule has 1 amide bonds. The van der Waals surface area contributed by atoms with Crippen LogP contribution in [-0.4, -0.2) is 11.9 Å². The quantitative estimate of drug-likeness (QED) is 0.838. The minimum atomic E-state index is -0.442. The van der Waals surface area contributed by atoms with Crippen LogP contribution in [0.1, 0.15) is 37.9 Å². The van der Waals surface area contributed by atoms with Crippen LogP contribution in [0, 0.1) is 12.8 Å². The summed E-state index contributed by atoms with van der Waals surface area (Å²) >= 11 is 0. The smallest absolute Gasteiger partial charge is 0.237 e. The summed E-state index contributed by atoms with van der Waals surface area (Å²) in [6.45, 7) is 7.90. The molecule has 0 aliphatic heterocycles. The van der Waals surface area contributed by atoms with Crippen LogP contribution >= 0.6 is 0 Å². The van der Waals surface area contributed by atoms with Crippen molar-refractivity contribution in [3.05, 3.63) is 35.4 Å². The highest BCUT2D eigenvalue weighted by atomic mass is 16.2. The number of rotatable bonds is 4. The van der Waals surface area contributed by atoms with Crippen LogP contribution in [0.15, 0.2) is 24.3 Å². The number of benzene rings is 1. The van der Waals surface area contributed by atoms with Crippen molar-refractivity contribution in [2.45, 2.75) is 39.8 Å². The molecule has 0 unspecified atom stereocenters. The minimum Gasteiger partial charge on any atom is -0.348 e. The molecule has 1 rings (SSSR count). The maximum absolute atomic E-state index is 11.8. The molecule has 1 aromatic rings.